The van der Waals surface area contributed by atoms with Crippen molar-refractivity contribution in [1.82, 2.24) is 9.97 Å². The summed E-state index contributed by atoms with van der Waals surface area (Å²) in [6.07, 6.45) is 1.47. The molecule has 1 N–H and O–H groups in total. The standard InChI is InChI=1S/C21H16N4O3S2/c1-13-7-8-15(17(11-13)25(27)28)24-20(26)18(14-5-3-2-4-6-14)30-21-19-16(9-10-29-19)22-12-23-21/h2-12,18H,1H3,(H,24,26). The largest absolute Gasteiger partial charge is 0.319 e. The van der Waals surface area contributed by atoms with E-state index in [9.17, 15) is 14.9 Å². The van der Waals surface area contributed by atoms with E-state index in [0.29, 0.717) is 5.03 Å². The second kappa shape index (κ2) is 8.60. The van der Waals surface area contributed by atoms with E-state index in [1.54, 1.807) is 19.1 Å². The Bertz CT molecular complexity index is 1230. The number of thiophene rings is 1. The van der Waals surface area contributed by atoms with Crippen LogP contribution in [-0.2, 0) is 4.79 Å². The number of rotatable bonds is 6. The van der Waals surface area contributed by atoms with E-state index >= 15 is 0 Å². The number of nitro groups is 1. The average Bonchev–Trinajstić information content (AvgIpc) is 3.23. The van der Waals surface area contributed by atoms with E-state index in [1.165, 1.54) is 35.5 Å². The van der Waals surface area contributed by atoms with E-state index in [2.05, 4.69) is 15.3 Å². The number of amides is 1. The van der Waals surface area contributed by atoms with Crippen LogP contribution in [0.4, 0.5) is 11.4 Å². The molecule has 0 aliphatic rings. The molecule has 1 unspecified atom stereocenters. The fourth-order valence-corrected chi connectivity index (χ4v) is 4.98. The van der Waals surface area contributed by atoms with Gasteiger partial charge in [0.25, 0.3) is 5.69 Å². The molecule has 1 amide bonds. The molecule has 0 saturated carbocycles. The maximum absolute atomic E-state index is 13.3. The molecule has 0 aliphatic carbocycles. The predicted octanol–water partition coefficient (Wildman–Crippen LogP) is 5.38. The Labute approximate surface area is 180 Å². The highest BCUT2D eigenvalue weighted by Gasteiger charge is 2.26. The van der Waals surface area contributed by atoms with Gasteiger partial charge < -0.3 is 5.32 Å². The third-order valence-corrected chi connectivity index (χ3v) is 6.68. The average molecular weight is 437 g/mol. The lowest BCUT2D eigenvalue weighted by Crippen LogP contribution is -2.20. The van der Waals surface area contributed by atoms with Crippen molar-refractivity contribution < 1.29 is 9.72 Å². The SMILES string of the molecule is Cc1ccc(NC(=O)C(Sc2ncnc3ccsc23)c2ccccc2)c([N+](=O)[O-])c1. The van der Waals surface area contributed by atoms with Crippen molar-refractivity contribution in [1.29, 1.82) is 0 Å². The zero-order valence-electron chi connectivity index (χ0n) is 15.8. The molecule has 4 rings (SSSR count). The summed E-state index contributed by atoms with van der Waals surface area (Å²) in [5, 5.41) is 16.1. The minimum Gasteiger partial charge on any atom is -0.319 e. The van der Waals surface area contributed by atoms with Gasteiger partial charge in [0.1, 0.15) is 22.3 Å². The van der Waals surface area contributed by atoms with E-state index < -0.39 is 10.2 Å². The van der Waals surface area contributed by atoms with Gasteiger partial charge >= 0.3 is 0 Å². The van der Waals surface area contributed by atoms with Crippen LogP contribution in [0.3, 0.4) is 0 Å². The quantitative estimate of drug-likeness (QED) is 0.189. The summed E-state index contributed by atoms with van der Waals surface area (Å²) < 4.78 is 0.901. The summed E-state index contributed by atoms with van der Waals surface area (Å²) in [5.41, 5.74) is 2.37. The van der Waals surface area contributed by atoms with Crippen LogP contribution in [0.2, 0.25) is 0 Å². The van der Waals surface area contributed by atoms with Gasteiger partial charge in [-0.3, -0.25) is 14.9 Å². The number of nitrogens with zero attached hydrogens (tertiary/aromatic N) is 3. The number of aromatic nitrogens is 2. The number of aryl methyl sites for hydroxylation is 1. The molecule has 4 aromatic rings. The highest BCUT2D eigenvalue weighted by molar-refractivity contribution is 8.00. The van der Waals surface area contributed by atoms with Gasteiger partial charge in [-0.1, -0.05) is 48.2 Å². The van der Waals surface area contributed by atoms with Gasteiger partial charge in [0.15, 0.2) is 0 Å². The van der Waals surface area contributed by atoms with E-state index in [-0.39, 0.29) is 17.3 Å². The van der Waals surface area contributed by atoms with Crippen molar-refractivity contribution in [3.8, 4) is 0 Å². The Hall–Kier alpha value is -3.30. The van der Waals surface area contributed by atoms with Crippen molar-refractivity contribution in [3.05, 3.63) is 87.5 Å². The van der Waals surface area contributed by atoms with Gasteiger partial charge in [-0.25, -0.2) is 9.97 Å². The number of carbonyl (C=O) groups excluding carboxylic acids is 1. The molecule has 30 heavy (non-hydrogen) atoms. The summed E-state index contributed by atoms with van der Waals surface area (Å²) in [5.74, 6) is -0.360. The molecule has 0 spiro atoms. The lowest BCUT2D eigenvalue weighted by molar-refractivity contribution is -0.384. The van der Waals surface area contributed by atoms with Crippen LogP contribution in [0.5, 0.6) is 0 Å². The Morgan fingerprint density at radius 3 is 2.73 bits per heavy atom. The number of nitro benzene ring substituents is 1. The van der Waals surface area contributed by atoms with Gasteiger partial charge in [0.05, 0.1) is 15.1 Å². The number of fused-ring (bicyclic) bond motifs is 1. The molecule has 0 fully saturated rings. The summed E-state index contributed by atoms with van der Waals surface area (Å²) in [6, 6.07) is 15.9. The monoisotopic (exact) mass is 436 g/mol. The Balaban J connectivity index is 1.70. The molecule has 0 aliphatic heterocycles. The normalized spacial score (nSPS) is 11.9. The molecule has 7 nitrogen and oxygen atoms in total. The number of anilines is 1. The molecule has 0 bridgehead atoms. The van der Waals surface area contributed by atoms with Crippen molar-refractivity contribution in [2.45, 2.75) is 17.2 Å². The van der Waals surface area contributed by atoms with E-state index in [0.717, 1.165) is 21.3 Å². The fourth-order valence-electron chi connectivity index (χ4n) is 2.96. The third kappa shape index (κ3) is 4.17. The van der Waals surface area contributed by atoms with Crippen molar-refractivity contribution in [3.63, 3.8) is 0 Å². The topological polar surface area (TPSA) is 98.0 Å². The number of thioether (sulfide) groups is 1. The lowest BCUT2D eigenvalue weighted by Gasteiger charge is -2.17. The second-order valence-electron chi connectivity index (χ2n) is 6.49. The van der Waals surface area contributed by atoms with Gasteiger partial charge in [-0.15, -0.1) is 11.3 Å². The van der Waals surface area contributed by atoms with E-state index in [1.807, 2.05) is 41.8 Å². The highest BCUT2D eigenvalue weighted by atomic mass is 32.2. The van der Waals surface area contributed by atoms with Crippen LogP contribution < -0.4 is 5.32 Å². The first-order valence-electron chi connectivity index (χ1n) is 8.98. The van der Waals surface area contributed by atoms with Crippen LogP contribution in [0.15, 0.2) is 71.3 Å². The molecule has 2 aromatic heterocycles. The smallest absolute Gasteiger partial charge is 0.293 e. The van der Waals surface area contributed by atoms with Gasteiger partial charge in [0, 0.05) is 6.07 Å². The first-order valence-corrected chi connectivity index (χ1v) is 10.7. The number of carbonyl (C=O) groups is 1. The number of nitrogens with one attached hydrogen (secondary N) is 1. The number of hydrogen-bond acceptors (Lipinski definition) is 7. The van der Waals surface area contributed by atoms with Gasteiger partial charge in [0.2, 0.25) is 5.91 Å². The maximum atomic E-state index is 13.3. The summed E-state index contributed by atoms with van der Waals surface area (Å²) in [6.45, 7) is 1.77. The Morgan fingerprint density at radius 1 is 1.17 bits per heavy atom. The van der Waals surface area contributed by atoms with Crippen LogP contribution in [-0.4, -0.2) is 20.8 Å². The fraction of sp³-hybridized carbons (Fsp3) is 0.0952. The minimum atomic E-state index is -0.646. The van der Waals surface area contributed by atoms with Crippen LogP contribution in [0, 0.1) is 17.0 Å². The lowest BCUT2D eigenvalue weighted by atomic mass is 10.1. The van der Waals surface area contributed by atoms with Crippen molar-refractivity contribution in [2.24, 2.45) is 0 Å². The molecule has 1 atom stereocenters. The molecule has 9 heteroatoms. The molecule has 2 heterocycles. The predicted molar refractivity (Wildman–Crippen MR) is 119 cm³/mol. The van der Waals surface area contributed by atoms with Gasteiger partial charge in [-0.2, -0.15) is 0 Å². The van der Waals surface area contributed by atoms with Gasteiger partial charge in [-0.05, 0) is 35.6 Å². The summed E-state index contributed by atoms with van der Waals surface area (Å²) in [4.78, 5) is 32.8. The van der Waals surface area contributed by atoms with Crippen LogP contribution in [0.25, 0.3) is 10.2 Å². The summed E-state index contributed by atoms with van der Waals surface area (Å²) in [7, 11) is 0. The zero-order valence-corrected chi connectivity index (χ0v) is 17.4. The number of benzene rings is 2. The minimum absolute atomic E-state index is 0.136. The van der Waals surface area contributed by atoms with Crippen molar-refractivity contribution in [2.75, 3.05) is 5.32 Å². The maximum Gasteiger partial charge on any atom is 0.293 e. The zero-order chi connectivity index (χ0) is 21.1. The molecule has 150 valence electrons. The molecule has 0 saturated heterocycles. The Morgan fingerprint density at radius 2 is 1.97 bits per heavy atom. The first kappa shape index (κ1) is 20.0. The van der Waals surface area contributed by atoms with E-state index in [4.69, 9.17) is 0 Å². The number of hydrogen-bond donors (Lipinski definition) is 1. The summed E-state index contributed by atoms with van der Waals surface area (Å²) >= 11 is 2.81. The molecule has 2 aromatic carbocycles. The van der Waals surface area contributed by atoms with Crippen LogP contribution in [0.1, 0.15) is 16.4 Å². The first-order chi connectivity index (χ1) is 14.5. The Kier molecular flexibility index (Phi) is 5.73. The third-order valence-electron chi connectivity index (χ3n) is 4.39. The molecule has 0 radical (unpaired) electrons. The molecular formula is C21H16N4O3S2. The van der Waals surface area contributed by atoms with Crippen molar-refractivity contribution >= 4 is 50.6 Å². The molecular weight excluding hydrogens is 420 g/mol. The van der Waals surface area contributed by atoms with Crippen LogP contribution >= 0.6 is 23.1 Å². The second-order valence-corrected chi connectivity index (χ2v) is 8.50. The highest BCUT2D eigenvalue weighted by Crippen LogP contribution is 2.40.